The van der Waals surface area contributed by atoms with Gasteiger partial charge in [-0.1, -0.05) is 25.3 Å². The van der Waals surface area contributed by atoms with Gasteiger partial charge in [0.15, 0.2) is 0 Å². The third kappa shape index (κ3) is 5.14. The van der Waals surface area contributed by atoms with Crippen LogP contribution in [0.4, 0.5) is 0 Å². The monoisotopic (exact) mass is 371 g/mol. The molecule has 5 nitrogen and oxygen atoms in total. The first-order chi connectivity index (χ1) is 12.7. The summed E-state index contributed by atoms with van der Waals surface area (Å²) in [7, 11) is 0. The van der Waals surface area contributed by atoms with Crippen molar-refractivity contribution < 1.29 is 9.59 Å². The molecule has 0 radical (unpaired) electrons. The summed E-state index contributed by atoms with van der Waals surface area (Å²) in [5, 5.41) is 6.55. The van der Waals surface area contributed by atoms with E-state index in [0.29, 0.717) is 31.0 Å². The second-order valence-corrected chi connectivity index (χ2v) is 7.40. The minimum absolute atomic E-state index is 0.0185. The molecule has 2 aromatic rings. The highest BCUT2D eigenvalue weighted by atomic mass is 32.1. The van der Waals surface area contributed by atoms with Crippen LogP contribution in [0.25, 0.3) is 0 Å². The zero-order valence-corrected chi connectivity index (χ0v) is 15.7. The molecule has 1 amide bonds. The fourth-order valence-corrected chi connectivity index (χ4v) is 3.84. The van der Waals surface area contributed by atoms with E-state index < -0.39 is 0 Å². The second-order valence-electron chi connectivity index (χ2n) is 6.61. The third-order valence-electron chi connectivity index (χ3n) is 4.63. The number of nitrogens with one attached hydrogen (secondary N) is 1. The van der Waals surface area contributed by atoms with E-state index in [1.165, 1.54) is 30.6 Å². The molecule has 6 heteroatoms. The standard InChI is InChI=1S/C20H25N3O2S/c24-19(10-6-12-21-20(25)16-11-14-26-15-16)23-13-5-4-9-18(23)22-17-7-2-1-3-8-17/h4-5,9,11,13-15,17H,1-3,6-8,10,12H2,(H,21,25). The lowest BCUT2D eigenvalue weighted by Crippen LogP contribution is -2.30. The van der Waals surface area contributed by atoms with Gasteiger partial charge in [0.2, 0.25) is 5.91 Å². The van der Waals surface area contributed by atoms with Gasteiger partial charge in [-0.2, -0.15) is 11.3 Å². The van der Waals surface area contributed by atoms with Crippen LogP contribution >= 0.6 is 11.3 Å². The molecule has 0 aliphatic heterocycles. The molecule has 1 aliphatic carbocycles. The van der Waals surface area contributed by atoms with Gasteiger partial charge in [-0.15, -0.1) is 0 Å². The van der Waals surface area contributed by atoms with Crippen molar-refractivity contribution in [3.8, 4) is 0 Å². The molecule has 0 saturated heterocycles. The first-order valence-corrected chi connectivity index (χ1v) is 10.2. The first-order valence-electron chi connectivity index (χ1n) is 9.29. The number of carbonyl (C=O) groups is 2. The summed E-state index contributed by atoms with van der Waals surface area (Å²) in [6.07, 6.45) is 8.73. The molecule has 0 atom stereocenters. The largest absolute Gasteiger partial charge is 0.352 e. The van der Waals surface area contributed by atoms with Crippen molar-refractivity contribution in [1.82, 2.24) is 9.88 Å². The number of hydrogen-bond donors (Lipinski definition) is 1. The molecule has 0 aromatic carbocycles. The Hall–Kier alpha value is -2.21. The van der Waals surface area contributed by atoms with Gasteiger partial charge in [0.05, 0.1) is 6.04 Å². The topological polar surface area (TPSA) is 63.5 Å². The maximum atomic E-state index is 12.6. The second kappa shape index (κ2) is 9.48. The Labute approximate surface area is 157 Å². The Morgan fingerprint density at radius 2 is 2.04 bits per heavy atom. The van der Waals surface area contributed by atoms with Crippen molar-refractivity contribution in [3.63, 3.8) is 0 Å². The highest BCUT2D eigenvalue weighted by Crippen LogP contribution is 2.19. The van der Waals surface area contributed by atoms with Crippen LogP contribution in [0.15, 0.2) is 46.2 Å². The van der Waals surface area contributed by atoms with Crippen LogP contribution in [-0.4, -0.2) is 29.0 Å². The molecule has 26 heavy (non-hydrogen) atoms. The third-order valence-corrected chi connectivity index (χ3v) is 5.32. The molecule has 1 saturated carbocycles. The van der Waals surface area contributed by atoms with Crippen LogP contribution in [-0.2, 0) is 0 Å². The van der Waals surface area contributed by atoms with E-state index in [-0.39, 0.29) is 11.8 Å². The highest BCUT2D eigenvalue weighted by Gasteiger charge is 2.13. The van der Waals surface area contributed by atoms with Crippen LogP contribution in [0.1, 0.15) is 60.1 Å². The van der Waals surface area contributed by atoms with Crippen molar-refractivity contribution in [3.05, 3.63) is 52.3 Å². The number of amides is 1. The van der Waals surface area contributed by atoms with Gasteiger partial charge in [-0.05, 0) is 42.8 Å². The quantitative estimate of drug-likeness (QED) is 0.788. The van der Waals surface area contributed by atoms with E-state index in [0.717, 1.165) is 18.3 Å². The van der Waals surface area contributed by atoms with Crippen molar-refractivity contribution >= 4 is 23.2 Å². The van der Waals surface area contributed by atoms with Gasteiger partial charge in [-0.3, -0.25) is 19.1 Å². The molecular weight excluding hydrogens is 346 g/mol. The summed E-state index contributed by atoms with van der Waals surface area (Å²) in [6.45, 7) is 0.489. The Morgan fingerprint density at radius 1 is 1.19 bits per heavy atom. The SMILES string of the molecule is O=C(NCCCC(=O)n1ccccc1=NC1CCCCC1)c1ccsc1. The van der Waals surface area contributed by atoms with Crippen LogP contribution < -0.4 is 10.8 Å². The average molecular weight is 372 g/mol. The molecule has 0 bridgehead atoms. The molecule has 2 aromatic heterocycles. The summed E-state index contributed by atoms with van der Waals surface area (Å²) in [4.78, 5) is 29.3. The minimum Gasteiger partial charge on any atom is -0.352 e. The Balaban J connectivity index is 1.54. The van der Waals surface area contributed by atoms with Gasteiger partial charge in [0.25, 0.3) is 5.91 Å². The van der Waals surface area contributed by atoms with Crippen molar-refractivity contribution in [2.75, 3.05) is 6.54 Å². The molecule has 3 rings (SSSR count). The van der Waals surface area contributed by atoms with E-state index in [4.69, 9.17) is 4.99 Å². The molecule has 0 spiro atoms. The van der Waals surface area contributed by atoms with Gasteiger partial charge in [0.1, 0.15) is 5.49 Å². The van der Waals surface area contributed by atoms with E-state index in [9.17, 15) is 9.59 Å². The molecule has 138 valence electrons. The van der Waals surface area contributed by atoms with Gasteiger partial charge in [-0.25, -0.2) is 0 Å². The Morgan fingerprint density at radius 3 is 2.81 bits per heavy atom. The number of pyridine rings is 1. The Kier molecular flexibility index (Phi) is 6.77. The lowest BCUT2D eigenvalue weighted by molar-refractivity contribution is 0.0884. The summed E-state index contributed by atoms with van der Waals surface area (Å²) in [5.74, 6) is -0.0657. The molecule has 0 unspecified atom stereocenters. The number of hydrogen-bond acceptors (Lipinski definition) is 4. The van der Waals surface area contributed by atoms with Crippen molar-refractivity contribution in [2.45, 2.75) is 51.0 Å². The normalized spacial score (nSPS) is 15.8. The van der Waals surface area contributed by atoms with E-state index in [1.54, 1.807) is 16.8 Å². The number of nitrogens with zero attached hydrogens (tertiary/aromatic N) is 2. The molecular formula is C20H25N3O2S. The minimum atomic E-state index is -0.0842. The zero-order chi connectivity index (χ0) is 18.2. The summed E-state index contributed by atoms with van der Waals surface area (Å²) < 4.78 is 1.65. The Bertz CT molecular complexity index is 789. The average Bonchev–Trinajstić information content (AvgIpc) is 3.21. The van der Waals surface area contributed by atoms with E-state index in [2.05, 4.69) is 5.32 Å². The van der Waals surface area contributed by atoms with Gasteiger partial charge >= 0.3 is 0 Å². The predicted molar refractivity (Wildman–Crippen MR) is 103 cm³/mol. The van der Waals surface area contributed by atoms with Crippen LogP contribution in [0, 0.1) is 0 Å². The molecule has 1 N–H and O–H groups in total. The van der Waals surface area contributed by atoms with Crippen LogP contribution in [0.3, 0.4) is 0 Å². The van der Waals surface area contributed by atoms with Crippen molar-refractivity contribution in [1.29, 1.82) is 0 Å². The maximum Gasteiger partial charge on any atom is 0.252 e. The van der Waals surface area contributed by atoms with Crippen molar-refractivity contribution in [2.24, 2.45) is 4.99 Å². The van der Waals surface area contributed by atoms with Crippen LogP contribution in [0.5, 0.6) is 0 Å². The first kappa shape index (κ1) is 18.6. The lowest BCUT2D eigenvalue weighted by Gasteiger charge is -2.17. The number of rotatable bonds is 6. The maximum absolute atomic E-state index is 12.6. The molecule has 2 heterocycles. The summed E-state index contributed by atoms with van der Waals surface area (Å²) in [6, 6.07) is 7.81. The zero-order valence-electron chi connectivity index (χ0n) is 14.9. The molecule has 1 aliphatic rings. The lowest BCUT2D eigenvalue weighted by atomic mass is 9.96. The van der Waals surface area contributed by atoms with E-state index >= 15 is 0 Å². The number of aromatic nitrogens is 1. The van der Waals surface area contributed by atoms with Gasteiger partial charge < -0.3 is 5.32 Å². The summed E-state index contributed by atoms with van der Waals surface area (Å²) in [5.41, 5.74) is 1.42. The predicted octanol–water partition coefficient (Wildman–Crippen LogP) is 3.63. The number of carbonyl (C=O) groups excluding carboxylic acids is 2. The molecule has 1 fully saturated rings. The summed E-state index contributed by atoms with van der Waals surface area (Å²) >= 11 is 1.50. The van der Waals surface area contributed by atoms with E-state index in [1.807, 2.05) is 29.0 Å². The smallest absolute Gasteiger partial charge is 0.252 e. The number of thiophene rings is 1. The van der Waals surface area contributed by atoms with Gasteiger partial charge in [0, 0.05) is 30.1 Å². The van der Waals surface area contributed by atoms with Crippen LogP contribution in [0.2, 0.25) is 0 Å². The highest BCUT2D eigenvalue weighted by molar-refractivity contribution is 7.08. The fourth-order valence-electron chi connectivity index (χ4n) is 3.21. The fraction of sp³-hybridized carbons (Fsp3) is 0.450.